The molecule has 2 heteroatoms. The summed E-state index contributed by atoms with van der Waals surface area (Å²) in [6.45, 7) is 5.44. The Morgan fingerprint density at radius 1 is 1.31 bits per heavy atom. The van der Waals surface area contributed by atoms with Gasteiger partial charge in [0.05, 0.1) is 0 Å². The number of likely N-dealkylation sites (tertiary alicyclic amines) is 1. The maximum absolute atomic E-state index is 5.75. The summed E-state index contributed by atoms with van der Waals surface area (Å²) in [6, 6.07) is 9.31. The highest BCUT2D eigenvalue weighted by Crippen LogP contribution is 2.17. The lowest BCUT2D eigenvalue weighted by atomic mass is 10.0. The molecular formula is C14H22N2. The summed E-state index contributed by atoms with van der Waals surface area (Å²) in [6.07, 6.45) is 3.86. The van der Waals surface area contributed by atoms with Gasteiger partial charge in [-0.25, -0.2) is 0 Å². The van der Waals surface area contributed by atoms with Crippen molar-refractivity contribution in [1.29, 1.82) is 0 Å². The Hall–Kier alpha value is -0.860. The predicted molar refractivity (Wildman–Crippen MR) is 68.3 cm³/mol. The lowest BCUT2D eigenvalue weighted by Gasteiger charge is -2.21. The van der Waals surface area contributed by atoms with Crippen LogP contribution in [0.1, 0.15) is 30.9 Å². The summed E-state index contributed by atoms with van der Waals surface area (Å²) < 4.78 is 0. The quantitative estimate of drug-likeness (QED) is 0.839. The highest BCUT2D eigenvalue weighted by molar-refractivity contribution is 5.27. The third-order valence-corrected chi connectivity index (χ3v) is 3.70. The molecule has 1 aromatic carbocycles. The number of rotatable bonds is 4. The Bertz CT molecular complexity index is 335. The second-order valence-corrected chi connectivity index (χ2v) is 4.75. The van der Waals surface area contributed by atoms with Crippen LogP contribution in [0.25, 0.3) is 0 Å². The van der Waals surface area contributed by atoms with Crippen molar-refractivity contribution in [2.75, 3.05) is 13.1 Å². The molecule has 1 aliphatic heterocycles. The molecular weight excluding hydrogens is 196 g/mol. The summed E-state index contributed by atoms with van der Waals surface area (Å²) in [5, 5.41) is 0. The molecule has 0 bridgehead atoms. The Morgan fingerprint density at radius 2 is 2.06 bits per heavy atom. The van der Waals surface area contributed by atoms with E-state index in [0.717, 1.165) is 12.5 Å². The van der Waals surface area contributed by atoms with Crippen molar-refractivity contribution in [1.82, 2.24) is 4.90 Å². The minimum Gasteiger partial charge on any atom is -0.326 e. The van der Waals surface area contributed by atoms with E-state index in [4.69, 9.17) is 5.73 Å². The van der Waals surface area contributed by atoms with Crippen LogP contribution in [0.15, 0.2) is 24.3 Å². The molecule has 0 aliphatic carbocycles. The van der Waals surface area contributed by atoms with E-state index < -0.39 is 0 Å². The van der Waals surface area contributed by atoms with Crippen molar-refractivity contribution in [3.8, 4) is 0 Å². The first-order chi connectivity index (χ1) is 7.81. The lowest BCUT2D eigenvalue weighted by molar-refractivity contribution is 0.272. The van der Waals surface area contributed by atoms with E-state index in [-0.39, 0.29) is 0 Å². The van der Waals surface area contributed by atoms with Crippen LogP contribution in [0.3, 0.4) is 0 Å². The molecule has 88 valence electrons. The molecule has 0 radical (unpaired) electrons. The van der Waals surface area contributed by atoms with Crippen LogP contribution >= 0.6 is 0 Å². The average Bonchev–Trinajstić information content (AvgIpc) is 2.72. The maximum Gasteiger partial charge on any atom is 0.0180 e. The van der Waals surface area contributed by atoms with Crippen LogP contribution in [0, 0.1) is 0 Å². The normalized spacial score (nSPS) is 21.5. The van der Waals surface area contributed by atoms with E-state index in [9.17, 15) is 0 Å². The first-order valence-corrected chi connectivity index (χ1v) is 6.32. The van der Waals surface area contributed by atoms with Gasteiger partial charge in [-0.1, -0.05) is 24.3 Å². The molecule has 0 saturated carbocycles. The molecule has 0 spiro atoms. The molecule has 2 rings (SSSR count). The minimum absolute atomic E-state index is 0.658. The van der Waals surface area contributed by atoms with Gasteiger partial charge in [-0.05, 0) is 43.9 Å². The smallest absolute Gasteiger partial charge is 0.0180 e. The van der Waals surface area contributed by atoms with Gasteiger partial charge in [-0.3, -0.25) is 0 Å². The molecule has 1 atom stereocenters. The van der Waals surface area contributed by atoms with Crippen molar-refractivity contribution in [3.05, 3.63) is 35.4 Å². The van der Waals surface area contributed by atoms with Gasteiger partial charge in [-0.15, -0.1) is 0 Å². The van der Waals surface area contributed by atoms with E-state index >= 15 is 0 Å². The Morgan fingerprint density at radius 3 is 2.69 bits per heavy atom. The zero-order valence-corrected chi connectivity index (χ0v) is 10.2. The van der Waals surface area contributed by atoms with Crippen LogP contribution in [-0.2, 0) is 13.0 Å². The second kappa shape index (κ2) is 5.46. The number of hydrogen-bond donors (Lipinski definition) is 1. The molecule has 0 amide bonds. The van der Waals surface area contributed by atoms with Crippen LogP contribution in [0.2, 0.25) is 0 Å². The topological polar surface area (TPSA) is 29.3 Å². The van der Waals surface area contributed by atoms with Crippen molar-refractivity contribution >= 4 is 0 Å². The second-order valence-electron chi connectivity index (χ2n) is 4.75. The Balaban J connectivity index is 1.93. The molecule has 1 aromatic rings. The summed E-state index contributed by atoms with van der Waals surface area (Å²) >= 11 is 0. The van der Waals surface area contributed by atoms with E-state index in [1.54, 1.807) is 0 Å². The van der Waals surface area contributed by atoms with Crippen molar-refractivity contribution in [2.24, 2.45) is 5.73 Å². The lowest BCUT2D eigenvalue weighted by Crippen LogP contribution is -2.29. The number of nitrogens with zero attached hydrogens (tertiary/aromatic N) is 1. The van der Waals surface area contributed by atoms with Crippen LogP contribution in [0.5, 0.6) is 0 Å². The zero-order valence-electron chi connectivity index (χ0n) is 10.2. The molecule has 2 nitrogen and oxygen atoms in total. The van der Waals surface area contributed by atoms with Crippen molar-refractivity contribution in [2.45, 2.75) is 38.8 Å². The number of nitrogens with two attached hydrogens (primary N) is 1. The number of hydrogen-bond acceptors (Lipinski definition) is 2. The van der Waals surface area contributed by atoms with Gasteiger partial charge in [0.1, 0.15) is 0 Å². The summed E-state index contributed by atoms with van der Waals surface area (Å²) in [5.41, 5.74) is 8.47. The van der Waals surface area contributed by atoms with Gasteiger partial charge in [0.2, 0.25) is 0 Å². The summed E-state index contributed by atoms with van der Waals surface area (Å²) in [7, 11) is 0. The van der Waals surface area contributed by atoms with E-state index in [2.05, 4.69) is 36.1 Å². The molecule has 1 saturated heterocycles. The Kier molecular flexibility index (Phi) is 3.97. The molecule has 1 aliphatic rings. The van der Waals surface area contributed by atoms with Crippen molar-refractivity contribution < 1.29 is 0 Å². The molecule has 16 heavy (non-hydrogen) atoms. The van der Waals surface area contributed by atoms with E-state index in [1.165, 1.54) is 37.1 Å². The molecule has 1 heterocycles. The van der Waals surface area contributed by atoms with Gasteiger partial charge in [0.15, 0.2) is 0 Å². The monoisotopic (exact) mass is 218 g/mol. The fraction of sp³-hybridized carbons (Fsp3) is 0.571. The largest absolute Gasteiger partial charge is 0.326 e. The predicted octanol–water partition coefficient (Wildman–Crippen LogP) is 2.17. The maximum atomic E-state index is 5.75. The highest BCUT2D eigenvalue weighted by atomic mass is 15.2. The third-order valence-electron chi connectivity index (χ3n) is 3.70. The summed E-state index contributed by atoms with van der Waals surface area (Å²) in [4.78, 5) is 2.59. The average molecular weight is 218 g/mol. The van der Waals surface area contributed by atoms with E-state index in [1.807, 2.05) is 0 Å². The zero-order chi connectivity index (χ0) is 11.4. The first kappa shape index (κ1) is 11.6. The first-order valence-electron chi connectivity index (χ1n) is 6.32. The van der Waals surface area contributed by atoms with E-state index in [0.29, 0.717) is 6.54 Å². The van der Waals surface area contributed by atoms with Crippen molar-refractivity contribution in [3.63, 3.8) is 0 Å². The molecule has 2 N–H and O–H groups in total. The number of benzene rings is 1. The standard InChI is InChI=1S/C14H22N2/c1-12-5-4-9-16(12)10-8-13-6-2-3-7-14(13)11-15/h2-3,6-7,12H,4-5,8-11,15H2,1H3. The van der Waals surface area contributed by atoms with Gasteiger partial charge in [-0.2, -0.15) is 0 Å². The minimum atomic E-state index is 0.658. The van der Waals surface area contributed by atoms with Crippen LogP contribution in [-0.4, -0.2) is 24.0 Å². The van der Waals surface area contributed by atoms with Gasteiger partial charge in [0.25, 0.3) is 0 Å². The van der Waals surface area contributed by atoms with Crippen LogP contribution in [0.4, 0.5) is 0 Å². The SMILES string of the molecule is CC1CCCN1CCc1ccccc1CN. The van der Waals surface area contributed by atoms with Gasteiger partial charge >= 0.3 is 0 Å². The van der Waals surface area contributed by atoms with Gasteiger partial charge in [0, 0.05) is 19.1 Å². The van der Waals surface area contributed by atoms with Crippen LogP contribution < -0.4 is 5.73 Å². The fourth-order valence-electron chi connectivity index (χ4n) is 2.59. The molecule has 0 aromatic heterocycles. The fourth-order valence-corrected chi connectivity index (χ4v) is 2.59. The molecule has 1 unspecified atom stereocenters. The highest BCUT2D eigenvalue weighted by Gasteiger charge is 2.19. The molecule has 1 fully saturated rings. The Labute approximate surface area is 98.4 Å². The van der Waals surface area contributed by atoms with Gasteiger partial charge < -0.3 is 10.6 Å². The summed E-state index contributed by atoms with van der Waals surface area (Å²) in [5.74, 6) is 0. The third kappa shape index (κ3) is 2.63.